The Morgan fingerprint density at radius 1 is 1.25 bits per heavy atom. The molecule has 102 valence electrons. The molecule has 5 nitrogen and oxygen atoms in total. The van der Waals surface area contributed by atoms with Crippen molar-refractivity contribution in [3.05, 3.63) is 39.6 Å². The standard InChI is InChI=1S/C13H10BrClN4O/c1-7-3-8-6-16-19(10(8)4-9(7)14)12-5-11(15)17-13(18-12)20-2/h3-6H,1-2H3. The highest BCUT2D eigenvalue weighted by Crippen LogP contribution is 2.26. The van der Waals surface area contributed by atoms with Crippen LogP contribution in [0.1, 0.15) is 5.56 Å². The number of halogens is 2. The average Bonchev–Trinajstić information content (AvgIpc) is 2.81. The van der Waals surface area contributed by atoms with E-state index in [4.69, 9.17) is 16.3 Å². The van der Waals surface area contributed by atoms with Gasteiger partial charge in [0.05, 0.1) is 18.8 Å². The van der Waals surface area contributed by atoms with Gasteiger partial charge in [-0.15, -0.1) is 0 Å². The summed E-state index contributed by atoms with van der Waals surface area (Å²) in [5.74, 6) is 0.563. The molecule has 0 bridgehead atoms. The molecule has 3 rings (SSSR count). The van der Waals surface area contributed by atoms with E-state index in [2.05, 4.69) is 37.1 Å². The maximum absolute atomic E-state index is 5.97. The van der Waals surface area contributed by atoms with Crippen LogP contribution in [0.3, 0.4) is 0 Å². The number of hydrogen-bond acceptors (Lipinski definition) is 4. The second-order valence-electron chi connectivity index (χ2n) is 4.25. The molecule has 0 aliphatic rings. The van der Waals surface area contributed by atoms with E-state index in [9.17, 15) is 0 Å². The summed E-state index contributed by atoms with van der Waals surface area (Å²) in [6, 6.07) is 5.91. The van der Waals surface area contributed by atoms with Crippen molar-refractivity contribution in [2.24, 2.45) is 0 Å². The monoisotopic (exact) mass is 352 g/mol. The van der Waals surface area contributed by atoms with E-state index in [-0.39, 0.29) is 6.01 Å². The molecule has 0 saturated carbocycles. The lowest BCUT2D eigenvalue weighted by molar-refractivity contribution is 0.379. The Kier molecular flexibility index (Phi) is 3.35. The molecule has 0 unspecified atom stereocenters. The first-order valence-corrected chi connectivity index (χ1v) is 6.98. The molecule has 0 aliphatic carbocycles. The highest BCUT2D eigenvalue weighted by atomic mass is 79.9. The summed E-state index contributed by atoms with van der Waals surface area (Å²) in [7, 11) is 1.50. The molecule has 1 aromatic carbocycles. The molecule has 0 amide bonds. The average molecular weight is 354 g/mol. The molecule has 0 aliphatic heterocycles. The van der Waals surface area contributed by atoms with Crippen molar-refractivity contribution >= 4 is 38.4 Å². The number of ether oxygens (including phenoxy) is 1. The van der Waals surface area contributed by atoms with Gasteiger partial charge in [0.2, 0.25) is 0 Å². The van der Waals surface area contributed by atoms with Gasteiger partial charge < -0.3 is 4.74 Å². The maximum Gasteiger partial charge on any atom is 0.319 e. The number of fused-ring (bicyclic) bond motifs is 1. The molecule has 7 heteroatoms. The fraction of sp³-hybridized carbons (Fsp3) is 0.154. The Morgan fingerprint density at radius 3 is 2.80 bits per heavy atom. The normalized spacial score (nSPS) is 11.0. The zero-order valence-corrected chi connectivity index (χ0v) is 13.1. The van der Waals surface area contributed by atoms with Gasteiger partial charge >= 0.3 is 6.01 Å². The largest absolute Gasteiger partial charge is 0.467 e. The van der Waals surface area contributed by atoms with E-state index < -0.39 is 0 Å². The molecule has 3 aromatic rings. The molecule has 0 fully saturated rings. The number of aryl methyl sites for hydroxylation is 1. The smallest absolute Gasteiger partial charge is 0.319 e. The highest BCUT2D eigenvalue weighted by molar-refractivity contribution is 9.10. The van der Waals surface area contributed by atoms with Crippen molar-refractivity contribution in [2.45, 2.75) is 6.92 Å². The van der Waals surface area contributed by atoms with Crippen LogP contribution in [0.5, 0.6) is 6.01 Å². The minimum atomic E-state index is 0.210. The van der Waals surface area contributed by atoms with E-state index in [1.54, 1.807) is 16.9 Å². The van der Waals surface area contributed by atoms with Crippen LogP contribution in [0.15, 0.2) is 28.9 Å². The lowest BCUT2D eigenvalue weighted by Gasteiger charge is -2.06. The zero-order valence-electron chi connectivity index (χ0n) is 10.8. The van der Waals surface area contributed by atoms with Crippen molar-refractivity contribution in [1.29, 1.82) is 0 Å². The first-order chi connectivity index (χ1) is 9.58. The molecule has 0 saturated heterocycles. The Balaban J connectivity index is 2.24. The molecule has 0 radical (unpaired) electrons. The van der Waals surface area contributed by atoms with Gasteiger partial charge in [-0.2, -0.15) is 15.1 Å². The number of hydrogen-bond donors (Lipinski definition) is 0. The quantitative estimate of drug-likeness (QED) is 0.661. The van der Waals surface area contributed by atoms with Crippen LogP contribution in [0.25, 0.3) is 16.7 Å². The summed E-state index contributed by atoms with van der Waals surface area (Å²) in [6.07, 6.45) is 1.79. The van der Waals surface area contributed by atoms with Crippen LogP contribution < -0.4 is 4.74 Å². The number of benzene rings is 1. The fourth-order valence-corrected chi connectivity index (χ4v) is 2.43. The van der Waals surface area contributed by atoms with Gasteiger partial charge in [0, 0.05) is 15.9 Å². The Bertz CT molecular complexity index is 802. The van der Waals surface area contributed by atoms with E-state index in [0.29, 0.717) is 11.0 Å². The molecular formula is C13H10BrClN4O. The number of rotatable bonds is 2. The first kappa shape index (κ1) is 13.3. The number of aromatic nitrogens is 4. The van der Waals surface area contributed by atoms with Gasteiger partial charge in [0.25, 0.3) is 0 Å². The van der Waals surface area contributed by atoms with Gasteiger partial charge in [-0.25, -0.2) is 4.68 Å². The van der Waals surface area contributed by atoms with E-state index in [1.165, 1.54) is 7.11 Å². The van der Waals surface area contributed by atoms with Gasteiger partial charge in [-0.1, -0.05) is 27.5 Å². The van der Waals surface area contributed by atoms with Gasteiger partial charge in [0.15, 0.2) is 5.82 Å². The lowest BCUT2D eigenvalue weighted by atomic mass is 10.2. The number of nitrogens with zero attached hydrogens (tertiary/aromatic N) is 4. The van der Waals surface area contributed by atoms with Gasteiger partial charge in [-0.3, -0.25) is 0 Å². The molecule has 2 heterocycles. The van der Waals surface area contributed by atoms with Crippen LogP contribution in [-0.2, 0) is 0 Å². The van der Waals surface area contributed by atoms with Crippen LogP contribution in [0, 0.1) is 6.92 Å². The molecule has 0 N–H and O–H groups in total. The van der Waals surface area contributed by atoms with E-state index in [0.717, 1.165) is 20.9 Å². The van der Waals surface area contributed by atoms with Crippen LogP contribution >= 0.6 is 27.5 Å². The van der Waals surface area contributed by atoms with Crippen LogP contribution in [0.2, 0.25) is 5.15 Å². The molecule has 20 heavy (non-hydrogen) atoms. The predicted molar refractivity (Wildman–Crippen MR) is 80.7 cm³/mol. The second kappa shape index (κ2) is 5.03. The second-order valence-corrected chi connectivity index (χ2v) is 5.49. The third-order valence-electron chi connectivity index (χ3n) is 2.91. The Hall–Kier alpha value is -1.66. The Morgan fingerprint density at radius 2 is 2.05 bits per heavy atom. The summed E-state index contributed by atoms with van der Waals surface area (Å²) in [6.45, 7) is 2.03. The summed E-state index contributed by atoms with van der Waals surface area (Å²) >= 11 is 9.50. The van der Waals surface area contributed by atoms with Crippen molar-refractivity contribution in [3.63, 3.8) is 0 Å². The summed E-state index contributed by atoms with van der Waals surface area (Å²) in [5.41, 5.74) is 2.08. The third kappa shape index (κ3) is 2.25. The summed E-state index contributed by atoms with van der Waals surface area (Å²) in [4.78, 5) is 8.22. The molecular weight excluding hydrogens is 344 g/mol. The molecule has 0 spiro atoms. The SMILES string of the molecule is COc1nc(Cl)cc(-n2ncc3cc(C)c(Br)cc32)n1. The van der Waals surface area contributed by atoms with E-state index in [1.807, 2.05) is 13.0 Å². The van der Waals surface area contributed by atoms with Crippen molar-refractivity contribution < 1.29 is 4.74 Å². The van der Waals surface area contributed by atoms with Crippen LogP contribution in [-0.4, -0.2) is 26.9 Å². The minimum absolute atomic E-state index is 0.210. The number of methoxy groups -OCH3 is 1. The predicted octanol–water partition coefficient (Wildman–Crippen LogP) is 3.55. The summed E-state index contributed by atoms with van der Waals surface area (Å²) in [5, 5.41) is 5.69. The highest BCUT2D eigenvalue weighted by Gasteiger charge is 2.11. The zero-order chi connectivity index (χ0) is 14.3. The fourth-order valence-electron chi connectivity index (χ4n) is 1.93. The maximum atomic E-state index is 5.97. The van der Waals surface area contributed by atoms with Crippen LogP contribution in [0.4, 0.5) is 0 Å². The summed E-state index contributed by atoms with van der Waals surface area (Å²) < 4.78 is 7.75. The molecule has 0 atom stereocenters. The van der Waals surface area contributed by atoms with Crippen molar-refractivity contribution in [2.75, 3.05) is 7.11 Å². The topological polar surface area (TPSA) is 52.8 Å². The van der Waals surface area contributed by atoms with Gasteiger partial charge in [0.1, 0.15) is 5.15 Å². The van der Waals surface area contributed by atoms with Gasteiger partial charge in [-0.05, 0) is 24.6 Å². The Labute approximate surface area is 128 Å². The minimum Gasteiger partial charge on any atom is -0.467 e. The van der Waals surface area contributed by atoms with Crippen molar-refractivity contribution in [1.82, 2.24) is 19.7 Å². The first-order valence-electron chi connectivity index (χ1n) is 5.81. The third-order valence-corrected chi connectivity index (χ3v) is 3.96. The van der Waals surface area contributed by atoms with E-state index >= 15 is 0 Å². The lowest BCUT2D eigenvalue weighted by Crippen LogP contribution is -2.02. The molecule has 2 aromatic heterocycles. The van der Waals surface area contributed by atoms with Crippen molar-refractivity contribution in [3.8, 4) is 11.8 Å².